The average molecular weight is 283 g/mol. The SMILES string of the molecule is O=c1c2ccccc2sn1CCCCc1ccccc1. The summed E-state index contributed by atoms with van der Waals surface area (Å²) in [5.74, 6) is 0. The molecule has 1 heterocycles. The van der Waals surface area contributed by atoms with Crippen molar-refractivity contribution in [1.29, 1.82) is 0 Å². The van der Waals surface area contributed by atoms with E-state index in [2.05, 4.69) is 24.3 Å². The maximum Gasteiger partial charge on any atom is 0.268 e. The lowest BCUT2D eigenvalue weighted by molar-refractivity contribution is 0.632. The molecule has 102 valence electrons. The van der Waals surface area contributed by atoms with E-state index in [4.69, 9.17) is 0 Å². The van der Waals surface area contributed by atoms with Gasteiger partial charge >= 0.3 is 0 Å². The zero-order valence-electron chi connectivity index (χ0n) is 11.3. The molecule has 2 aromatic carbocycles. The summed E-state index contributed by atoms with van der Waals surface area (Å²) in [5.41, 5.74) is 1.53. The molecule has 0 atom stereocenters. The smallest absolute Gasteiger partial charge is 0.268 e. The highest BCUT2D eigenvalue weighted by Crippen LogP contribution is 2.16. The van der Waals surface area contributed by atoms with Crippen LogP contribution < -0.4 is 5.56 Å². The standard InChI is InChI=1S/C17H17NOS/c19-17-15-11-4-5-12-16(15)20-18(17)13-7-6-10-14-8-2-1-3-9-14/h1-5,8-9,11-12H,6-7,10,13H2. The molecule has 0 spiro atoms. The number of benzene rings is 2. The molecule has 20 heavy (non-hydrogen) atoms. The first-order valence-electron chi connectivity index (χ1n) is 6.97. The first-order valence-corrected chi connectivity index (χ1v) is 7.75. The van der Waals surface area contributed by atoms with Gasteiger partial charge in [-0.2, -0.15) is 0 Å². The number of aromatic nitrogens is 1. The summed E-state index contributed by atoms with van der Waals surface area (Å²) in [7, 11) is 0. The minimum absolute atomic E-state index is 0.158. The summed E-state index contributed by atoms with van der Waals surface area (Å²) in [6.07, 6.45) is 3.24. The molecule has 3 aromatic rings. The molecule has 0 fully saturated rings. The predicted octanol–water partition coefficient (Wildman–Crippen LogP) is 4.09. The number of nitrogens with zero attached hydrogens (tertiary/aromatic N) is 1. The zero-order valence-corrected chi connectivity index (χ0v) is 12.1. The average Bonchev–Trinajstić information content (AvgIpc) is 2.82. The van der Waals surface area contributed by atoms with E-state index in [1.165, 1.54) is 5.56 Å². The zero-order chi connectivity index (χ0) is 13.8. The molecule has 0 saturated heterocycles. The quantitative estimate of drug-likeness (QED) is 0.647. The Bertz CT molecular complexity index is 742. The summed E-state index contributed by atoms with van der Waals surface area (Å²) in [6, 6.07) is 18.3. The van der Waals surface area contributed by atoms with Crippen LogP contribution in [0.2, 0.25) is 0 Å². The molecule has 0 N–H and O–H groups in total. The van der Waals surface area contributed by atoms with Crippen LogP contribution in [-0.2, 0) is 13.0 Å². The van der Waals surface area contributed by atoms with Crippen molar-refractivity contribution >= 4 is 21.6 Å². The Hall–Kier alpha value is -1.87. The van der Waals surface area contributed by atoms with E-state index < -0.39 is 0 Å². The van der Waals surface area contributed by atoms with E-state index in [0.717, 1.165) is 35.9 Å². The van der Waals surface area contributed by atoms with Crippen LogP contribution in [0.5, 0.6) is 0 Å². The highest BCUT2D eigenvalue weighted by molar-refractivity contribution is 7.13. The number of aryl methyl sites for hydroxylation is 2. The van der Waals surface area contributed by atoms with Gasteiger partial charge in [-0.1, -0.05) is 54.0 Å². The summed E-state index contributed by atoms with van der Waals surface area (Å²) in [5, 5.41) is 0.848. The maximum absolute atomic E-state index is 12.2. The van der Waals surface area contributed by atoms with Gasteiger partial charge in [0.25, 0.3) is 5.56 Å². The van der Waals surface area contributed by atoms with E-state index in [-0.39, 0.29) is 5.56 Å². The van der Waals surface area contributed by atoms with E-state index in [1.54, 1.807) is 11.5 Å². The van der Waals surface area contributed by atoms with Gasteiger partial charge in [-0.25, -0.2) is 0 Å². The first-order chi connectivity index (χ1) is 9.84. The van der Waals surface area contributed by atoms with Gasteiger partial charge in [0.15, 0.2) is 0 Å². The van der Waals surface area contributed by atoms with Crippen LogP contribution in [0.1, 0.15) is 18.4 Å². The van der Waals surface area contributed by atoms with Gasteiger partial charge in [-0.3, -0.25) is 8.75 Å². The van der Waals surface area contributed by atoms with Crippen molar-refractivity contribution in [2.45, 2.75) is 25.8 Å². The van der Waals surface area contributed by atoms with Crippen molar-refractivity contribution in [2.24, 2.45) is 0 Å². The molecule has 3 rings (SSSR count). The molecule has 0 radical (unpaired) electrons. The Morgan fingerprint density at radius 2 is 1.65 bits per heavy atom. The predicted molar refractivity (Wildman–Crippen MR) is 85.5 cm³/mol. The Morgan fingerprint density at radius 1 is 0.900 bits per heavy atom. The minimum atomic E-state index is 0.158. The second kappa shape index (κ2) is 6.06. The largest absolute Gasteiger partial charge is 0.268 e. The van der Waals surface area contributed by atoms with Crippen molar-refractivity contribution in [3.05, 3.63) is 70.5 Å². The summed E-state index contributed by atoms with van der Waals surface area (Å²) in [4.78, 5) is 12.2. The molecule has 0 aliphatic heterocycles. The van der Waals surface area contributed by atoms with Crippen molar-refractivity contribution in [1.82, 2.24) is 3.96 Å². The Labute approximate surface area is 122 Å². The van der Waals surface area contributed by atoms with E-state index >= 15 is 0 Å². The van der Waals surface area contributed by atoms with E-state index in [0.29, 0.717) is 0 Å². The molecule has 0 bridgehead atoms. The van der Waals surface area contributed by atoms with Gasteiger partial charge in [-0.15, -0.1) is 0 Å². The molecule has 0 unspecified atom stereocenters. The summed E-state index contributed by atoms with van der Waals surface area (Å²) >= 11 is 1.57. The fraction of sp³-hybridized carbons (Fsp3) is 0.235. The molecule has 0 amide bonds. The number of hydrogen-bond donors (Lipinski definition) is 0. The van der Waals surface area contributed by atoms with E-state index in [1.807, 2.05) is 34.3 Å². The molecule has 2 nitrogen and oxygen atoms in total. The van der Waals surface area contributed by atoms with Crippen molar-refractivity contribution in [3.63, 3.8) is 0 Å². The third kappa shape index (κ3) is 2.83. The molecular weight excluding hydrogens is 266 g/mol. The molecule has 0 aliphatic rings. The van der Waals surface area contributed by atoms with Gasteiger partial charge in [-0.05, 0) is 37.0 Å². The lowest BCUT2D eigenvalue weighted by Gasteiger charge is -2.01. The van der Waals surface area contributed by atoms with Gasteiger partial charge < -0.3 is 0 Å². The third-order valence-electron chi connectivity index (χ3n) is 3.47. The van der Waals surface area contributed by atoms with Crippen LogP contribution in [0, 0.1) is 0 Å². The topological polar surface area (TPSA) is 22.0 Å². The second-order valence-electron chi connectivity index (χ2n) is 4.94. The first kappa shape index (κ1) is 13.1. The van der Waals surface area contributed by atoms with Crippen molar-refractivity contribution < 1.29 is 0 Å². The van der Waals surface area contributed by atoms with Crippen molar-refractivity contribution in [3.8, 4) is 0 Å². The van der Waals surface area contributed by atoms with Crippen LogP contribution in [0.25, 0.3) is 10.1 Å². The van der Waals surface area contributed by atoms with Crippen LogP contribution in [0.15, 0.2) is 59.4 Å². The maximum atomic E-state index is 12.2. The monoisotopic (exact) mass is 283 g/mol. The van der Waals surface area contributed by atoms with Crippen LogP contribution >= 0.6 is 11.5 Å². The van der Waals surface area contributed by atoms with Crippen LogP contribution in [0.4, 0.5) is 0 Å². The molecule has 0 aliphatic carbocycles. The highest BCUT2D eigenvalue weighted by Gasteiger charge is 2.05. The third-order valence-corrected chi connectivity index (χ3v) is 4.59. The Morgan fingerprint density at radius 3 is 2.45 bits per heavy atom. The number of fused-ring (bicyclic) bond motifs is 1. The molecule has 1 aromatic heterocycles. The number of rotatable bonds is 5. The lowest BCUT2D eigenvalue weighted by atomic mass is 10.1. The van der Waals surface area contributed by atoms with Crippen molar-refractivity contribution in [2.75, 3.05) is 0 Å². The minimum Gasteiger partial charge on any atom is -0.268 e. The van der Waals surface area contributed by atoms with Crippen LogP contribution in [0.3, 0.4) is 0 Å². The van der Waals surface area contributed by atoms with Crippen LogP contribution in [-0.4, -0.2) is 3.96 Å². The highest BCUT2D eigenvalue weighted by atomic mass is 32.1. The number of unbranched alkanes of at least 4 members (excludes halogenated alkanes) is 1. The molecule has 3 heteroatoms. The van der Waals surface area contributed by atoms with E-state index in [9.17, 15) is 4.79 Å². The van der Waals surface area contributed by atoms with Gasteiger partial charge in [0.2, 0.25) is 0 Å². The van der Waals surface area contributed by atoms with Gasteiger partial charge in [0, 0.05) is 6.54 Å². The summed E-state index contributed by atoms with van der Waals surface area (Å²) in [6.45, 7) is 0.824. The molecular formula is C17H17NOS. The Kier molecular flexibility index (Phi) is 3.97. The van der Waals surface area contributed by atoms with Gasteiger partial charge in [0.05, 0.1) is 10.1 Å². The fourth-order valence-corrected chi connectivity index (χ4v) is 3.43. The number of hydrogen-bond acceptors (Lipinski definition) is 2. The lowest BCUT2D eigenvalue weighted by Crippen LogP contribution is -2.12. The fourth-order valence-electron chi connectivity index (χ4n) is 2.39. The normalized spacial score (nSPS) is 11.0. The summed E-state index contributed by atoms with van der Waals surface area (Å²) < 4.78 is 2.97. The Balaban J connectivity index is 1.60. The molecule has 0 saturated carbocycles. The second-order valence-corrected chi connectivity index (χ2v) is 6.00. The van der Waals surface area contributed by atoms with Gasteiger partial charge in [0.1, 0.15) is 0 Å².